The van der Waals surface area contributed by atoms with Gasteiger partial charge in [0.05, 0.1) is 16.0 Å². The van der Waals surface area contributed by atoms with E-state index in [4.69, 9.17) is 11.6 Å². The fourth-order valence-electron chi connectivity index (χ4n) is 2.36. The van der Waals surface area contributed by atoms with E-state index in [2.05, 4.69) is 4.98 Å². The molecule has 0 amide bonds. The highest BCUT2D eigenvalue weighted by atomic mass is 35.5. The average molecular weight is 406 g/mol. The lowest BCUT2D eigenvalue weighted by molar-refractivity contribution is 0.552. The maximum atomic E-state index is 14.3. The molecule has 0 saturated heterocycles. The molecule has 0 aliphatic heterocycles. The molecule has 0 aliphatic rings. The summed E-state index contributed by atoms with van der Waals surface area (Å²) in [5.41, 5.74) is -0.138. The van der Waals surface area contributed by atoms with E-state index in [1.165, 1.54) is 18.2 Å². The molecule has 0 bridgehead atoms. The average Bonchev–Trinajstić information content (AvgIpc) is 2.51. The van der Waals surface area contributed by atoms with Gasteiger partial charge < -0.3 is 0 Å². The molecular formula is C17H7ClF6NP. The Bertz CT molecular complexity index is 893. The molecule has 9 heteroatoms. The molecule has 0 spiro atoms. The number of hydrogen-bond donors (Lipinski definition) is 0. The summed E-state index contributed by atoms with van der Waals surface area (Å²) < 4.78 is 83.8. The highest BCUT2D eigenvalue weighted by Gasteiger charge is 2.31. The maximum absolute atomic E-state index is 14.3. The van der Waals surface area contributed by atoms with Crippen molar-refractivity contribution in [3.8, 4) is 0 Å². The topological polar surface area (TPSA) is 12.9 Å². The van der Waals surface area contributed by atoms with Crippen LogP contribution in [0.2, 0.25) is 5.15 Å². The largest absolute Gasteiger partial charge is 0.236 e. The Morgan fingerprint density at radius 3 is 1.50 bits per heavy atom. The Labute approximate surface area is 150 Å². The third-order valence-corrected chi connectivity index (χ3v) is 6.01. The number of aromatic nitrogens is 1. The van der Waals surface area contributed by atoms with Crippen molar-refractivity contribution in [2.24, 2.45) is 0 Å². The Hall–Kier alpha value is -2.11. The zero-order valence-electron chi connectivity index (χ0n) is 12.6. The van der Waals surface area contributed by atoms with Crippen molar-refractivity contribution in [3.05, 3.63) is 82.5 Å². The molecule has 2 aromatic carbocycles. The molecule has 1 aromatic heterocycles. The minimum absolute atomic E-state index is 0.0825. The summed E-state index contributed by atoms with van der Waals surface area (Å²) in [6.07, 6.45) is 0. The Morgan fingerprint density at radius 1 is 0.692 bits per heavy atom. The zero-order chi connectivity index (χ0) is 19.0. The van der Waals surface area contributed by atoms with Gasteiger partial charge in [-0.15, -0.1) is 0 Å². The standard InChI is InChI=1S/C17H7ClF6NP/c18-14-2-1-3-15(25-14)26(16-10(21)4-8(19)5-11(16)22)17-12(23)6-9(20)7-13(17)24/h1-7H. The third kappa shape index (κ3) is 3.55. The number of halogens is 7. The van der Waals surface area contributed by atoms with Crippen molar-refractivity contribution in [1.29, 1.82) is 0 Å². The summed E-state index contributed by atoms with van der Waals surface area (Å²) in [6.45, 7) is 0. The van der Waals surface area contributed by atoms with Crippen molar-refractivity contribution in [2.75, 3.05) is 0 Å². The van der Waals surface area contributed by atoms with Crippen molar-refractivity contribution in [1.82, 2.24) is 4.98 Å². The van der Waals surface area contributed by atoms with E-state index in [-0.39, 0.29) is 10.6 Å². The molecule has 1 nitrogen and oxygen atoms in total. The van der Waals surface area contributed by atoms with Crippen LogP contribution in [0.1, 0.15) is 0 Å². The van der Waals surface area contributed by atoms with Gasteiger partial charge in [-0.25, -0.2) is 31.3 Å². The van der Waals surface area contributed by atoms with Crippen LogP contribution in [0.4, 0.5) is 26.3 Å². The molecule has 0 fully saturated rings. The van der Waals surface area contributed by atoms with E-state index in [0.717, 1.165) is 0 Å². The zero-order valence-corrected chi connectivity index (χ0v) is 14.2. The molecule has 134 valence electrons. The van der Waals surface area contributed by atoms with Crippen molar-refractivity contribution >= 4 is 35.6 Å². The summed E-state index contributed by atoms with van der Waals surface area (Å²) in [6, 6.07) is 5.54. The molecule has 0 radical (unpaired) electrons. The van der Waals surface area contributed by atoms with E-state index in [9.17, 15) is 26.3 Å². The van der Waals surface area contributed by atoms with Gasteiger partial charge in [0.2, 0.25) is 0 Å². The molecule has 0 aliphatic carbocycles. The Morgan fingerprint density at radius 2 is 1.12 bits per heavy atom. The van der Waals surface area contributed by atoms with E-state index in [1.54, 1.807) is 0 Å². The van der Waals surface area contributed by atoms with Crippen molar-refractivity contribution in [2.45, 2.75) is 0 Å². The number of rotatable bonds is 3. The molecular weight excluding hydrogens is 399 g/mol. The normalized spacial score (nSPS) is 11.2. The summed E-state index contributed by atoms with van der Waals surface area (Å²) >= 11 is 5.78. The quantitative estimate of drug-likeness (QED) is 0.359. The molecule has 26 heavy (non-hydrogen) atoms. The second-order valence-electron chi connectivity index (χ2n) is 5.09. The molecule has 0 atom stereocenters. The lowest BCUT2D eigenvalue weighted by Gasteiger charge is -2.20. The van der Waals surface area contributed by atoms with Gasteiger partial charge in [0.15, 0.2) is 0 Å². The monoisotopic (exact) mass is 405 g/mol. The van der Waals surface area contributed by atoms with Crippen LogP contribution in [0.25, 0.3) is 0 Å². The van der Waals surface area contributed by atoms with Gasteiger partial charge in [-0.1, -0.05) is 17.7 Å². The van der Waals surface area contributed by atoms with Gasteiger partial charge in [0, 0.05) is 32.2 Å². The predicted molar refractivity (Wildman–Crippen MR) is 87.7 cm³/mol. The first kappa shape index (κ1) is 18.7. The van der Waals surface area contributed by atoms with Crippen LogP contribution in [-0.4, -0.2) is 4.98 Å². The van der Waals surface area contributed by atoms with E-state index in [1.807, 2.05) is 0 Å². The van der Waals surface area contributed by atoms with Crippen LogP contribution in [0.5, 0.6) is 0 Å². The highest BCUT2D eigenvalue weighted by Crippen LogP contribution is 2.37. The van der Waals surface area contributed by atoms with Crippen LogP contribution < -0.4 is 16.0 Å². The van der Waals surface area contributed by atoms with Crippen molar-refractivity contribution in [3.63, 3.8) is 0 Å². The lowest BCUT2D eigenvalue weighted by Crippen LogP contribution is -2.31. The minimum Gasteiger partial charge on any atom is -0.236 e. The van der Waals surface area contributed by atoms with Crippen molar-refractivity contribution < 1.29 is 26.3 Å². The molecule has 0 unspecified atom stereocenters. The molecule has 1 heterocycles. The first-order valence-electron chi connectivity index (χ1n) is 6.99. The molecule has 3 rings (SSSR count). The van der Waals surface area contributed by atoms with Crippen LogP contribution in [0.15, 0.2) is 42.5 Å². The Balaban J connectivity index is 2.36. The molecule has 0 saturated carbocycles. The molecule has 3 aromatic rings. The van der Waals surface area contributed by atoms with Crippen LogP contribution in [0.3, 0.4) is 0 Å². The summed E-state index contributed by atoms with van der Waals surface area (Å²) in [5.74, 6) is -7.79. The number of nitrogens with zero attached hydrogens (tertiary/aromatic N) is 1. The van der Waals surface area contributed by atoms with Crippen LogP contribution in [0, 0.1) is 34.9 Å². The summed E-state index contributed by atoms with van der Waals surface area (Å²) in [4.78, 5) is 3.88. The fourth-order valence-corrected chi connectivity index (χ4v) is 4.82. The highest BCUT2D eigenvalue weighted by molar-refractivity contribution is 7.79. The van der Waals surface area contributed by atoms with Gasteiger partial charge in [-0.3, -0.25) is 0 Å². The second kappa shape index (κ2) is 7.25. The van der Waals surface area contributed by atoms with Crippen LogP contribution in [-0.2, 0) is 0 Å². The summed E-state index contributed by atoms with van der Waals surface area (Å²) in [7, 11) is -2.60. The second-order valence-corrected chi connectivity index (χ2v) is 7.50. The minimum atomic E-state index is -2.60. The first-order chi connectivity index (χ1) is 12.3. The van der Waals surface area contributed by atoms with Gasteiger partial charge in [-0.2, -0.15) is 0 Å². The predicted octanol–water partition coefficient (Wildman–Crippen LogP) is 4.33. The maximum Gasteiger partial charge on any atom is 0.137 e. The smallest absolute Gasteiger partial charge is 0.137 e. The van der Waals surface area contributed by atoms with Gasteiger partial charge in [0.25, 0.3) is 0 Å². The van der Waals surface area contributed by atoms with Crippen LogP contribution >= 0.6 is 19.5 Å². The number of hydrogen-bond acceptors (Lipinski definition) is 1. The number of pyridine rings is 1. The molecule has 0 N–H and O–H groups in total. The van der Waals surface area contributed by atoms with E-state index in [0.29, 0.717) is 24.3 Å². The lowest BCUT2D eigenvalue weighted by atomic mass is 10.3. The van der Waals surface area contributed by atoms with Gasteiger partial charge in [-0.05, 0) is 12.1 Å². The van der Waals surface area contributed by atoms with Gasteiger partial charge >= 0.3 is 0 Å². The fraction of sp³-hybridized carbons (Fsp3) is 0. The van der Waals surface area contributed by atoms with Gasteiger partial charge in [0.1, 0.15) is 40.1 Å². The third-order valence-electron chi connectivity index (χ3n) is 3.34. The summed E-state index contributed by atoms with van der Waals surface area (Å²) in [5, 5.41) is -1.64. The number of benzene rings is 2. The van der Waals surface area contributed by atoms with E-state index < -0.39 is 53.4 Å². The Kier molecular flexibility index (Phi) is 5.21. The van der Waals surface area contributed by atoms with E-state index >= 15 is 0 Å². The SMILES string of the molecule is Fc1cc(F)c(P(c2cccc(Cl)n2)c2c(F)cc(F)cc2F)c(F)c1. The first-order valence-corrected chi connectivity index (χ1v) is 8.71.